The Hall–Kier alpha value is -0.890. The van der Waals surface area contributed by atoms with Gasteiger partial charge in [0.25, 0.3) is 0 Å². The van der Waals surface area contributed by atoms with Crippen LogP contribution < -0.4 is 10.5 Å². The van der Waals surface area contributed by atoms with E-state index in [4.69, 9.17) is 22.1 Å². The smallest absolute Gasteiger partial charge is 0.143 e. The van der Waals surface area contributed by atoms with E-state index in [2.05, 4.69) is 13.8 Å². The van der Waals surface area contributed by atoms with E-state index in [0.717, 1.165) is 0 Å². The third-order valence-electron chi connectivity index (χ3n) is 2.32. The molecule has 1 aromatic carbocycles. The van der Waals surface area contributed by atoms with E-state index in [1.807, 2.05) is 12.1 Å². The van der Waals surface area contributed by atoms with Crippen LogP contribution in [-0.2, 0) is 0 Å². The average molecular weight is 228 g/mol. The molecule has 2 nitrogen and oxygen atoms in total. The van der Waals surface area contributed by atoms with Gasteiger partial charge in [-0.15, -0.1) is 0 Å². The molecule has 0 saturated carbocycles. The molecule has 0 fully saturated rings. The van der Waals surface area contributed by atoms with Crippen molar-refractivity contribution in [2.75, 3.05) is 12.3 Å². The summed E-state index contributed by atoms with van der Waals surface area (Å²) in [5.74, 6) is 1.24. The van der Waals surface area contributed by atoms with Gasteiger partial charge in [-0.25, -0.2) is 0 Å². The monoisotopic (exact) mass is 227 g/mol. The van der Waals surface area contributed by atoms with E-state index in [1.54, 1.807) is 6.07 Å². The molecule has 0 aliphatic rings. The van der Waals surface area contributed by atoms with E-state index in [9.17, 15) is 0 Å². The molecule has 1 atom stereocenters. The Balaban J connectivity index is 2.54. The quantitative estimate of drug-likeness (QED) is 0.778. The minimum Gasteiger partial charge on any atom is -0.491 e. The predicted octanol–water partition coefficient (Wildman–Crippen LogP) is 3.74. The largest absolute Gasteiger partial charge is 0.491 e. The summed E-state index contributed by atoms with van der Waals surface area (Å²) in [7, 11) is 0. The van der Waals surface area contributed by atoms with Crippen molar-refractivity contribution in [1.82, 2.24) is 0 Å². The van der Waals surface area contributed by atoms with Crippen molar-refractivity contribution < 1.29 is 4.74 Å². The van der Waals surface area contributed by atoms with Crippen LogP contribution in [0.15, 0.2) is 18.2 Å². The highest BCUT2D eigenvalue weighted by atomic mass is 35.5. The van der Waals surface area contributed by atoms with Crippen molar-refractivity contribution in [2.24, 2.45) is 5.92 Å². The Morgan fingerprint density at radius 3 is 2.87 bits per heavy atom. The van der Waals surface area contributed by atoms with Crippen LogP contribution in [0.1, 0.15) is 26.7 Å². The molecule has 84 valence electrons. The second-order valence-electron chi connectivity index (χ2n) is 3.86. The molecule has 15 heavy (non-hydrogen) atoms. The number of hydrogen-bond donors (Lipinski definition) is 1. The third-order valence-corrected chi connectivity index (χ3v) is 2.65. The maximum atomic E-state index is 5.89. The minimum absolute atomic E-state index is 0.530. The summed E-state index contributed by atoms with van der Waals surface area (Å²) in [4.78, 5) is 0. The first-order valence-corrected chi connectivity index (χ1v) is 5.69. The molecule has 0 aromatic heterocycles. The van der Waals surface area contributed by atoms with Crippen LogP contribution in [-0.4, -0.2) is 6.61 Å². The maximum absolute atomic E-state index is 5.89. The fourth-order valence-electron chi connectivity index (χ4n) is 1.45. The van der Waals surface area contributed by atoms with Crippen LogP contribution in [0.3, 0.4) is 0 Å². The summed E-state index contributed by atoms with van der Waals surface area (Å²) in [6.07, 6.45) is 2.34. The number of benzene rings is 1. The van der Waals surface area contributed by atoms with Crippen molar-refractivity contribution in [3.05, 3.63) is 23.2 Å². The Labute approximate surface area is 96.4 Å². The lowest BCUT2D eigenvalue weighted by Gasteiger charge is -2.13. The zero-order valence-corrected chi connectivity index (χ0v) is 10.1. The van der Waals surface area contributed by atoms with Crippen LogP contribution >= 0.6 is 11.6 Å². The van der Waals surface area contributed by atoms with E-state index in [-0.39, 0.29) is 0 Å². The number of nitrogen functional groups attached to an aromatic ring is 1. The summed E-state index contributed by atoms with van der Waals surface area (Å²) in [6.45, 7) is 5.03. The number of halogens is 1. The predicted molar refractivity (Wildman–Crippen MR) is 65.4 cm³/mol. The highest BCUT2D eigenvalue weighted by Gasteiger charge is 2.06. The molecule has 0 bridgehead atoms. The van der Waals surface area contributed by atoms with Gasteiger partial charge in [0.15, 0.2) is 0 Å². The first-order valence-electron chi connectivity index (χ1n) is 5.32. The van der Waals surface area contributed by atoms with Crippen LogP contribution in [0.4, 0.5) is 5.69 Å². The molecule has 0 spiro atoms. The third kappa shape index (κ3) is 3.63. The summed E-state index contributed by atoms with van der Waals surface area (Å²) < 4.78 is 5.62. The molecular weight excluding hydrogens is 210 g/mol. The summed E-state index contributed by atoms with van der Waals surface area (Å²) in [5.41, 5.74) is 6.32. The van der Waals surface area contributed by atoms with Crippen molar-refractivity contribution >= 4 is 17.3 Å². The zero-order chi connectivity index (χ0) is 11.3. The average Bonchev–Trinajstić information content (AvgIpc) is 2.21. The second-order valence-corrected chi connectivity index (χ2v) is 4.26. The van der Waals surface area contributed by atoms with Gasteiger partial charge in [0.2, 0.25) is 0 Å². The van der Waals surface area contributed by atoms with Gasteiger partial charge in [-0.3, -0.25) is 0 Å². The first-order chi connectivity index (χ1) is 7.15. The molecule has 2 N–H and O–H groups in total. The van der Waals surface area contributed by atoms with Crippen molar-refractivity contribution in [1.29, 1.82) is 0 Å². The molecule has 0 radical (unpaired) electrons. The van der Waals surface area contributed by atoms with E-state index < -0.39 is 0 Å². The Bertz CT molecular complexity index is 314. The number of nitrogens with two attached hydrogens (primary N) is 1. The van der Waals surface area contributed by atoms with Crippen LogP contribution in [0.2, 0.25) is 5.02 Å². The Kier molecular flexibility index (Phi) is 4.76. The normalized spacial score (nSPS) is 12.5. The Morgan fingerprint density at radius 1 is 1.47 bits per heavy atom. The van der Waals surface area contributed by atoms with Gasteiger partial charge in [0.05, 0.1) is 17.3 Å². The van der Waals surface area contributed by atoms with Crippen molar-refractivity contribution in [2.45, 2.75) is 26.7 Å². The molecule has 0 heterocycles. The second kappa shape index (κ2) is 5.86. The summed E-state index contributed by atoms with van der Waals surface area (Å²) in [6, 6.07) is 5.46. The van der Waals surface area contributed by atoms with Gasteiger partial charge in [0, 0.05) is 0 Å². The fraction of sp³-hybridized carbons (Fsp3) is 0.500. The minimum atomic E-state index is 0.530. The first kappa shape index (κ1) is 12.2. The fourth-order valence-corrected chi connectivity index (χ4v) is 1.62. The molecule has 1 unspecified atom stereocenters. The van der Waals surface area contributed by atoms with Gasteiger partial charge in [0.1, 0.15) is 5.75 Å². The van der Waals surface area contributed by atoms with E-state index in [0.29, 0.717) is 29.0 Å². The molecular formula is C12H18ClNO. The lowest BCUT2D eigenvalue weighted by Crippen LogP contribution is -2.09. The molecule has 1 rings (SSSR count). The maximum Gasteiger partial charge on any atom is 0.143 e. The topological polar surface area (TPSA) is 35.2 Å². The number of rotatable bonds is 5. The molecule has 3 heteroatoms. The Morgan fingerprint density at radius 2 is 2.20 bits per heavy atom. The van der Waals surface area contributed by atoms with Gasteiger partial charge < -0.3 is 10.5 Å². The summed E-state index contributed by atoms with van der Waals surface area (Å²) in [5, 5.41) is 0.552. The number of para-hydroxylation sites is 1. The van der Waals surface area contributed by atoms with Crippen LogP contribution in [0.25, 0.3) is 0 Å². The highest BCUT2D eigenvalue weighted by Crippen LogP contribution is 2.29. The van der Waals surface area contributed by atoms with Crippen LogP contribution in [0.5, 0.6) is 5.75 Å². The van der Waals surface area contributed by atoms with Crippen molar-refractivity contribution in [3.8, 4) is 5.75 Å². The van der Waals surface area contributed by atoms with Gasteiger partial charge in [-0.1, -0.05) is 37.9 Å². The lowest BCUT2D eigenvalue weighted by molar-refractivity contribution is 0.253. The van der Waals surface area contributed by atoms with Gasteiger partial charge in [-0.05, 0) is 24.5 Å². The molecule has 1 aromatic rings. The van der Waals surface area contributed by atoms with E-state index >= 15 is 0 Å². The molecule has 0 aliphatic carbocycles. The molecule has 0 saturated heterocycles. The van der Waals surface area contributed by atoms with Crippen LogP contribution in [0, 0.1) is 5.92 Å². The highest BCUT2D eigenvalue weighted by molar-refractivity contribution is 6.33. The van der Waals surface area contributed by atoms with Gasteiger partial charge >= 0.3 is 0 Å². The SMILES string of the molecule is CCCC(C)COc1cccc(Cl)c1N. The zero-order valence-electron chi connectivity index (χ0n) is 9.29. The van der Waals surface area contributed by atoms with Gasteiger partial charge in [-0.2, -0.15) is 0 Å². The number of ether oxygens (including phenoxy) is 1. The standard InChI is InChI=1S/C12H18ClNO/c1-3-5-9(2)8-15-11-7-4-6-10(13)12(11)14/h4,6-7,9H,3,5,8,14H2,1-2H3. The number of hydrogen-bond acceptors (Lipinski definition) is 2. The van der Waals surface area contributed by atoms with E-state index in [1.165, 1.54) is 12.8 Å². The van der Waals surface area contributed by atoms with Crippen molar-refractivity contribution in [3.63, 3.8) is 0 Å². The lowest BCUT2D eigenvalue weighted by atomic mass is 10.1. The molecule has 0 amide bonds. The number of anilines is 1. The summed E-state index contributed by atoms with van der Waals surface area (Å²) >= 11 is 5.89. The molecule has 0 aliphatic heterocycles.